The average molecular weight is 354 g/mol. The summed E-state index contributed by atoms with van der Waals surface area (Å²) in [6.07, 6.45) is 1.72. The van der Waals surface area contributed by atoms with Crippen molar-refractivity contribution in [2.75, 3.05) is 6.54 Å². The Bertz CT molecular complexity index is 610. The largest absolute Gasteiger partial charge is 0.310 e. The summed E-state index contributed by atoms with van der Waals surface area (Å²) in [6.45, 7) is 4.93. The lowest BCUT2D eigenvalue weighted by atomic mass is 10.0. The summed E-state index contributed by atoms with van der Waals surface area (Å²) in [5, 5.41) is 7.80. The first-order valence-corrected chi connectivity index (χ1v) is 7.99. The lowest BCUT2D eigenvalue weighted by molar-refractivity contribution is 0.483. The molecule has 0 aliphatic carbocycles. The quantitative estimate of drug-likeness (QED) is 0.852. The van der Waals surface area contributed by atoms with E-state index in [2.05, 4.69) is 39.3 Å². The Morgan fingerprint density at radius 3 is 2.81 bits per heavy atom. The molecular weight excluding hydrogens is 333 g/mol. The van der Waals surface area contributed by atoms with Gasteiger partial charge in [-0.25, -0.2) is 4.39 Å². The number of benzene rings is 1. The van der Waals surface area contributed by atoms with Crippen molar-refractivity contribution in [1.82, 2.24) is 15.1 Å². The van der Waals surface area contributed by atoms with E-state index in [1.165, 1.54) is 0 Å². The zero-order chi connectivity index (χ0) is 15.4. The molecule has 0 aliphatic heterocycles. The number of nitrogens with zero attached hydrogens (tertiary/aromatic N) is 2. The maximum Gasteiger partial charge on any atom is 0.142 e. The molecule has 0 radical (unpaired) electrons. The maximum absolute atomic E-state index is 14.4. The summed E-state index contributed by atoms with van der Waals surface area (Å²) in [6, 6.07) is 7.44. The van der Waals surface area contributed by atoms with Crippen molar-refractivity contribution in [2.45, 2.75) is 32.7 Å². The van der Waals surface area contributed by atoms with Gasteiger partial charge >= 0.3 is 0 Å². The minimum Gasteiger partial charge on any atom is -0.310 e. The van der Waals surface area contributed by atoms with Gasteiger partial charge in [-0.15, -0.1) is 0 Å². The molecule has 2 rings (SSSR count). The number of aryl methyl sites for hydroxylation is 2. The van der Waals surface area contributed by atoms with Crippen molar-refractivity contribution in [1.29, 1.82) is 0 Å². The van der Waals surface area contributed by atoms with E-state index in [1.807, 2.05) is 30.8 Å². The Morgan fingerprint density at radius 2 is 2.19 bits per heavy atom. The molecule has 0 saturated heterocycles. The van der Waals surface area contributed by atoms with Gasteiger partial charge in [0.25, 0.3) is 0 Å². The van der Waals surface area contributed by atoms with Gasteiger partial charge < -0.3 is 5.32 Å². The number of rotatable bonds is 6. The highest BCUT2D eigenvalue weighted by Crippen LogP contribution is 2.26. The Kier molecular flexibility index (Phi) is 5.53. The standard InChI is InChI=1S/C16H21BrFN3/c1-4-8-19-15(10-12-9-11(2)20-21(12)3)13-6-5-7-14(17)16(13)18/h5-7,9,15,19H,4,8,10H2,1-3H3. The molecule has 2 aromatic rings. The van der Waals surface area contributed by atoms with Crippen LogP contribution in [0.4, 0.5) is 4.39 Å². The van der Waals surface area contributed by atoms with E-state index in [4.69, 9.17) is 0 Å². The van der Waals surface area contributed by atoms with E-state index in [1.54, 1.807) is 6.07 Å². The smallest absolute Gasteiger partial charge is 0.142 e. The lowest BCUT2D eigenvalue weighted by Crippen LogP contribution is -2.26. The van der Waals surface area contributed by atoms with E-state index in [-0.39, 0.29) is 11.9 Å². The first kappa shape index (κ1) is 16.2. The molecule has 0 saturated carbocycles. The molecule has 0 aliphatic rings. The second kappa shape index (κ2) is 7.18. The van der Waals surface area contributed by atoms with Gasteiger partial charge in [-0.1, -0.05) is 19.1 Å². The molecule has 1 heterocycles. The van der Waals surface area contributed by atoms with Crippen LogP contribution in [0.2, 0.25) is 0 Å². The van der Waals surface area contributed by atoms with Gasteiger partial charge in [0.05, 0.1) is 10.2 Å². The van der Waals surface area contributed by atoms with Crippen LogP contribution < -0.4 is 5.32 Å². The molecule has 3 nitrogen and oxygen atoms in total. The monoisotopic (exact) mass is 353 g/mol. The predicted molar refractivity (Wildman–Crippen MR) is 86.8 cm³/mol. The van der Waals surface area contributed by atoms with Crippen molar-refractivity contribution in [3.8, 4) is 0 Å². The highest BCUT2D eigenvalue weighted by Gasteiger charge is 2.19. The van der Waals surface area contributed by atoms with Crippen LogP contribution in [0.15, 0.2) is 28.7 Å². The molecule has 114 valence electrons. The molecule has 1 atom stereocenters. The Hall–Kier alpha value is -1.20. The number of halogens is 2. The SMILES string of the molecule is CCCNC(Cc1cc(C)nn1C)c1cccc(Br)c1F. The zero-order valence-electron chi connectivity index (χ0n) is 12.7. The van der Waals surface area contributed by atoms with Gasteiger partial charge in [0.15, 0.2) is 0 Å². The van der Waals surface area contributed by atoms with E-state index in [0.717, 1.165) is 24.4 Å². The second-order valence-corrected chi connectivity index (χ2v) is 6.11. The normalized spacial score (nSPS) is 12.6. The Morgan fingerprint density at radius 1 is 1.43 bits per heavy atom. The molecule has 1 aromatic heterocycles. The second-order valence-electron chi connectivity index (χ2n) is 5.25. The molecule has 0 amide bonds. The van der Waals surface area contributed by atoms with Crippen molar-refractivity contribution < 1.29 is 4.39 Å². The van der Waals surface area contributed by atoms with Gasteiger partial charge in [0, 0.05) is 30.8 Å². The van der Waals surface area contributed by atoms with Gasteiger partial charge in [0.2, 0.25) is 0 Å². The van der Waals surface area contributed by atoms with Gasteiger partial charge in [0.1, 0.15) is 5.82 Å². The van der Waals surface area contributed by atoms with E-state index in [0.29, 0.717) is 16.5 Å². The van der Waals surface area contributed by atoms with Crippen molar-refractivity contribution in [3.63, 3.8) is 0 Å². The van der Waals surface area contributed by atoms with E-state index in [9.17, 15) is 4.39 Å². The predicted octanol–water partition coefficient (Wildman–Crippen LogP) is 3.91. The van der Waals surface area contributed by atoms with Crippen molar-refractivity contribution >= 4 is 15.9 Å². The molecule has 1 aromatic carbocycles. The number of hydrogen-bond donors (Lipinski definition) is 1. The summed E-state index contributed by atoms with van der Waals surface area (Å²) < 4.78 is 16.7. The fraction of sp³-hybridized carbons (Fsp3) is 0.438. The van der Waals surface area contributed by atoms with E-state index < -0.39 is 0 Å². The van der Waals surface area contributed by atoms with Crippen molar-refractivity contribution in [2.24, 2.45) is 7.05 Å². The molecule has 0 bridgehead atoms. The van der Waals surface area contributed by atoms with Crippen LogP contribution in [0.5, 0.6) is 0 Å². The molecule has 0 spiro atoms. The van der Waals surface area contributed by atoms with Crippen LogP contribution in [-0.2, 0) is 13.5 Å². The Balaban J connectivity index is 2.29. The first-order valence-electron chi connectivity index (χ1n) is 7.19. The molecular formula is C16H21BrFN3. The average Bonchev–Trinajstić information content (AvgIpc) is 2.76. The third-order valence-electron chi connectivity index (χ3n) is 3.51. The van der Waals surface area contributed by atoms with E-state index >= 15 is 0 Å². The topological polar surface area (TPSA) is 29.9 Å². The molecule has 1 unspecified atom stereocenters. The highest BCUT2D eigenvalue weighted by atomic mass is 79.9. The summed E-state index contributed by atoms with van der Waals surface area (Å²) in [5.41, 5.74) is 2.77. The van der Waals surface area contributed by atoms with Crippen LogP contribution in [0.25, 0.3) is 0 Å². The minimum atomic E-state index is -0.190. The number of hydrogen-bond acceptors (Lipinski definition) is 2. The third kappa shape index (κ3) is 3.92. The molecule has 21 heavy (non-hydrogen) atoms. The molecule has 0 fully saturated rings. The van der Waals surface area contributed by atoms with Gasteiger partial charge in [-0.2, -0.15) is 5.10 Å². The fourth-order valence-electron chi connectivity index (χ4n) is 2.46. The van der Waals surface area contributed by atoms with Crippen LogP contribution in [0.1, 0.15) is 36.3 Å². The van der Waals surface area contributed by atoms with Crippen molar-refractivity contribution in [3.05, 3.63) is 51.5 Å². The van der Waals surface area contributed by atoms with Gasteiger partial charge in [-0.3, -0.25) is 4.68 Å². The number of aromatic nitrogens is 2. The van der Waals surface area contributed by atoms with Crippen LogP contribution in [-0.4, -0.2) is 16.3 Å². The summed E-state index contributed by atoms with van der Waals surface area (Å²) >= 11 is 3.27. The van der Waals surface area contributed by atoms with Crippen LogP contribution in [0.3, 0.4) is 0 Å². The zero-order valence-corrected chi connectivity index (χ0v) is 14.2. The number of nitrogens with one attached hydrogen (secondary N) is 1. The first-order chi connectivity index (χ1) is 10.0. The molecule has 1 N–H and O–H groups in total. The Labute approximate surface area is 133 Å². The fourth-order valence-corrected chi connectivity index (χ4v) is 2.85. The van der Waals surface area contributed by atoms with Crippen LogP contribution in [0, 0.1) is 12.7 Å². The maximum atomic E-state index is 14.4. The van der Waals surface area contributed by atoms with Gasteiger partial charge in [-0.05, 0) is 48.0 Å². The van der Waals surface area contributed by atoms with Crippen LogP contribution >= 0.6 is 15.9 Å². The third-order valence-corrected chi connectivity index (χ3v) is 4.12. The highest BCUT2D eigenvalue weighted by molar-refractivity contribution is 9.10. The summed E-state index contributed by atoms with van der Waals surface area (Å²) in [7, 11) is 1.93. The summed E-state index contributed by atoms with van der Waals surface area (Å²) in [5.74, 6) is -0.190. The minimum absolute atomic E-state index is 0.0581. The molecule has 5 heteroatoms. The summed E-state index contributed by atoms with van der Waals surface area (Å²) in [4.78, 5) is 0. The lowest BCUT2D eigenvalue weighted by Gasteiger charge is -2.20.